The quantitative estimate of drug-likeness (QED) is 0.828. The Morgan fingerprint density at radius 3 is 2.67 bits per heavy atom. The zero-order valence-electron chi connectivity index (χ0n) is 11.3. The Kier molecular flexibility index (Phi) is 5.03. The molecule has 1 rings (SSSR count). The number of esters is 1. The standard InChI is InChI=1S/C14H20ClNO2/c1-10(2)9-14(3,13(17)18-4)16-12-7-5-6-11(15)8-12/h5-8,10,16H,9H2,1-4H3. The average Bonchev–Trinajstić information content (AvgIpc) is 2.26. The topological polar surface area (TPSA) is 38.3 Å². The van der Waals surface area contributed by atoms with Crippen LogP contribution in [0.2, 0.25) is 5.02 Å². The summed E-state index contributed by atoms with van der Waals surface area (Å²) in [5, 5.41) is 3.86. The van der Waals surface area contributed by atoms with E-state index in [2.05, 4.69) is 19.2 Å². The molecule has 0 bridgehead atoms. The number of carbonyl (C=O) groups is 1. The normalized spacial score (nSPS) is 14.1. The van der Waals surface area contributed by atoms with Crippen molar-refractivity contribution in [1.29, 1.82) is 0 Å². The number of nitrogens with one attached hydrogen (secondary N) is 1. The van der Waals surface area contributed by atoms with Gasteiger partial charge in [0.05, 0.1) is 7.11 Å². The Labute approximate surface area is 113 Å². The number of carbonyl (C=O) groups excluding carboxylic acids is 1. The first-order valence-electron chi connectivity index (χ1n) is 5.99. The summed E-state index contributed by atoms with van der Waals surface area (Å²) in [6.07, 6.45) is 0.687. The van der Waals surface area contributed by atoms with Crippen LogP contribution in [-0.2, 0) is 9.53 Å². The molecule has 1 aromatic rings. The maximum Gasteiger partial charge on any atom is 0.331 e. The first-order chi connectivity index (χ1) is 8.37. The summed E-state index contributed by atoms with van der Waals surface area (Å²) in [5.41, 5.74) is 0.0733. The second-order valence-electron chi connectivity index (χ2n) is 5.06. The van der Waals surface area contributed by atoms with Crippen LogP contribution < -0.4 is 5.32 Å². The highest BCUT2D eigenvalue weighted by molar-refractivity contribution is 6.30. The van der Waals surface area contributed by atoms with Crippen LogP contribution >= 0.6 is 11.6 Å². The van der Waals surface area contributed by atoms with Crippen LogP contribution in [0.15, 0.2) is 24.3 Å². The molecule has 0 amide bonds. The molecule has 0 spiro atoms. The smallest absolute Gasteiger partial charge is 0.331 e. The van der Waals surface area contributed by atoms with E-state index in [1.807, 2.05) is 19.1 Å². The number of hydrogen-bond acceptors (Lipinski definition) is 3. The van der Waals surface area contributed by atoms with Crippen LogP contribution in [0.25, 0.3) is 0 Å². The molecule has 0 saturated heterocycles. The third-order valence-corrected chi connectivity index (χ3v) is 2.93. The summed E-state index contributed by atoms with van der Waals surface area (Å²) < 4.78 is 4.88. The maximum atomic E-state index is 11.9. The zero-order valence-corrected chi connectivity index (χ0v) is 12.0. The second-order valence-corrected chi connectivity index (χ2v) is 5.49. The molecule has 100 valence electrons. The number of ether oxygens (including phenoxy) is 1. The number of rotatable bonds is 5. The van der Waals surface area contributed by atoms with E-state index >= 15 is 0 Å². The van der Waals surface area contributed by atoms with E-state index in [0.29, 0.717) is 17.4 Å². The highest BCUT2D eigenvalue weighted by Crippen LogP contribution is 2.25. The van der Waals surface area contributed by atoms with Crippen LogP contribution in [0.4, 0.5) is 5.69 Å². The maximum absolute atomic E-state index is 11.9. The molecule has 0 aliphatic heterocycles. The largest absolute Gasteiger partial charge is 0.467 e. The fourth-order valence-corrected chi connectivity index (χ4v) is 2.30. The lowest BCUT2D eigenvalue weighted by Crippen LogP contribution is -2.45. The molecule has 1 atom stereocenters. The predicted molar refractivity (Wildman–Crippen MR) is 75.0 cm³/mol. The molecule has 0 heterocycles. The molecule has 3 nitrogen and oxygen atoms in total. The van der Waals surface area contributed by atoms with Gasteiger partial charge in [0.2, 0.25) is 0 Å². The molecular formula is C14H20ClNO2. The fourth-order valence-electron chi connectivity index (χ4n) is 2.11. The van der Waals surface area contributed by atoms with Gasteiger partial charge in [-0.1, -0.05) is 31.5 Å². The molecule has 0 aliphatic carbocycles. The third kappa shape index (κ3) is 3.91. The lowest BCUT2D eigenvalue weighted by Gasteiger charge is -2.30. The minimum absolute atomic E-state index is 0.267. The van der Waals surface area contributed by atoms with Crippen molar-refractivity contribution in [1.82, 2.24) is 0 Å². The lowest BCUT2D eigenvalue weighted by atomic mass is 9.90. The van der Waals surface area contributed by atoms with Crippen molar-refractivity contribution in [2.75, 3.05) is 12.4 Å². The van der Waals surface area contributed by atoms with E-state index < -0.39 is 5.54 Å². The van der Waals surface area contributed by atoms with Crippen LogP contribution in [-0.4, -0.2) is 18.6 Å². The zero-order chi connectivity index (χ0) is 13.8. The summed E-state index contributed by atoms with van der Waals surface area (Å²) in [6, 6.07) is 7.32. The highest BCUT2D eigenvalue weighted by atomic mass is 35.5. The Morgan fingerprint density at radius 1 is 1.50 bits per heavy atom. The van der Waals surface area contributed by atoms with Crippen molar-refractivity contribution < 1.29 is 9.53 Å². The summed E-state index contributed by atoms with van der Waals surface area (Å²) in [7, 11) is 1.40. The molecule has 1 unspecified atom stereocenters. The van der Waals surface area contributed by atoms with Gasteiger partial charge in [-0.2, -0.15) is 0 Å². The van der Waals surface area contributed by atoms with Gasteiger partial charge in [-0.05, 0) is 37.5 Å². The summed E-state index contributed by atoms with van der Waals surface area (Å²) in [4.78, 5) is 11.9. The molecule has 0 aromatic heterocycles. The molecule has 1 aromatic carbocycles. The van der Waals surface area contributed by atoms with Gasteiger partial charge in [-0.3, -0.25) is 0 Å². The van der Waals surface area contributed by atoms with Gasteiger partial charge in [-0.15, -0.1) is 0 Å². The SMILES string of the molecule is COC(=O)C(C)(CC(C)C)Nc1cccc(Cl)c1. The van der Waals surface area contributed by atoms with Crippen molar-refractivity contribution in [3.8, 4) is 0 Å². The highest BCUT2D eigenvalue weighted by Gasteiger charge is 2.35. The first-order valence-corrected chi connectivity index (χ1v) is 6.37. The monoisotopic (exact) mass is 269 g/mol. The number of hydrogen-bond donors (Lipinski definition) is 1. The Balaban J connectivity index is 2.94. The van der Waals surface area contributed by atoms with Gasteiger partial charge in [0.25, 0.3) is 0 Å². The molecule has 4 heteroatoms. The van der Waals surface area contributed by atoms with Crippen LogP contribution in [0.1, 0.15) is 27.2 Å². The van der Waals surface area contributed by atoms with Crippen molar-refractivity contribution in [3.05, 3.63) is 29.3 Å². The fraction of sp³-hybridized carbons (Fsp3) is 0.500. The van der Waals surface area contributed by atoms with Gasteiger partial charge in [0.15, 0.2) is 0 Å². The van der Waals surface area contributed by atoms with Crippen molar-refractivity contribution in [2.24, 2.45) is 5.92 Å². The van der Waals surface area contributed by atoms with E-state index in [1.165, 1.54) is 7.11 Å². The van der Waals surface area contributed by atoms with Gasteiger partial charge >= 0.3 is 5.97 Å². The van der Waals surface area contributed by atoms with Crippen LogP contribution in [0, 0.1) is 5.92 Å². The number of halogens is 1. The summed E-state index contributed by atoms with van der Waals surface area (Å²) >= 11 is 5.94. The van der Waals surface area contributed by atoms with Gasteiger partial charge < -0.3 is 10.1 Å². The van der Waals surface area contributed by atoms with Crippen molar-refractivity contribution >= 4 is 23.3 Å². The minimum Gasteiger partial charge on any atom is -0.467 e. The van der Waals surface area contributed by atoms with E-state index in [1.54, 1.807) is 12.1 Å². The Bertz CT molecular complexity index is 420. The molecule has 0 saturated carbocycles. The van der Waals surface area contributed by atoms with E-state index in [9.17, 15) is 4.79 Å². The van der Waals surface area contributed by atoms with E-state index in [0.717, 1.165) is 5.69 Å². The molecule has 1 N–H and O–H groups in total. The molecular weight excluding hydrogens is 250 g/mol. The van der Waals surface area contributed by atoms with Crippen molar-refractivity contribution in [2.45, 2.75) is 32.7 Å². The third-order valence-electron chi connectivity index (χ3n) is 2.70. The second kappa shape index (κ2) is 6.10. The van der Waals surface area contributed by atoms with Gasteiger partial charge in [0, 0.05) is 10.7 Å². The molecule has 0 radical (unpaired) electrons. The minimum atomic E-state index is -0.742. The first kappa shape index (κ1) is 14.8. The van der Waals surface area contributed by atoms with E-state index in [4.69, 9.17) is 16.3 Å². The number of methoxy groups -OCH3 is 1. The van der Waals surface area contributed by atoms with Crippen molar-refractivity contribution in [3.63, 3.8) is 0 Å². The van der Waals surface area contributed by atoms with Crippen LogP contribution in [0.5, 0.6) is 0 Å². The molecule has 0 aliphatic rings. The molecule has 18 heavy (non-hydrogen) atoms. The van der Waals surface area contributed by atoms with Gasteiger partial charge in [0.1, 0.15) is 5.54 Å². The Hall–Kier alpha value is -1.22. The lowest BCUT2D eigenvalue weighted by molar-refractivity contribution is -0.146. The summed E-state index contributed by atoms with van der Waals surface area (Å²) in [5.74, 6) is 0.108. The summed E-state index contributed by atoms with van der Waals surface area (Å²) in [6.45, 7) is 5.99. The number of benzene rings is 1. The van der Waals surface area contributed by atoms with E-state index in [-0.39, 0.29) is 5.97 Å². The number of anilines is 1. The van der Waals surface area contributed by atoms with Gasteiger partial charge in [-0.25, -0.2) is 4.79 Å². The van der Waals surface area contributed by atoms with Crippen LogP contribution in [0.3, 0.4) is 0 Å². The molecule has 0 fully saturated rings. The predicted octanol–water partition coefficient (Wildman–Crippen LogP) is 3.73. The average molecular weight is 270 g/mol. The Morgan fingerprint density at radius 2 is 2.17 bits per heavy atom.